The quantitative estimate of drug-likeness (QED) is 0.548. The van der Waals surface area contributed by atoms with Crippen molar-refractivity contribution in [2.45, 2.75) is 51.1 Å². The molecule has 30 heavy (non-hydrogen) atoms. The van der Waals surface area contributed by atoms with Crippen LogP contribution in [-0.2, 0) is 6.54 Å². The fourth-order valence-electron chi connectivity index (χ4n) is 4.83. The molecule has 0 bridgehead atoms. The fourth-order valence-corrected chi connectivity index (χ4v) is 4.83. The van der Waals surface area contributed by atoms with Gasteiger partial charge in [0.2, 0.25) is 0 Å². The molecular weight excluding hydrogens is 374 g/mol. The predicted molar refractivity (Wildman–Crippen MR) is 125 cm³/mol. The van der Waals surface area contributed by atoms with Crippen LogP contribution in [0.1, 0.15) is 44.6 Å². The lowest BCUT2D eigenvalue weighted by Crippen LogP contribution is -2.58. The van der Waals surface area contributed by atoms with Crippen molar-refractivity contribution in [1.82, 2.24) is 20.0 Å². The van der Waals surface area contributed by atoms with Crippen molar-refractivity contribution in [3.63, 3.8) is 0 Å². The summed E-state index contributed by atoms with van der Waals surface area (Å²) in [6, 6.07) is 8.24. The van der Waals surface area contributed by atoms with Gasteiger partial charge in [0.15, 0.2) is 5.96 Å². The van der Waals surface area contributed by atoms with Crippen LogP contribution in [0.4, 0.5) is 0 Å². The number of guanidine groups is 1. The van der Waals surface area contributed by atoms with E-state index in [0.29, 0.717) is 0 Å². The van der Waals surface area contributed by atoms with Crippen molar-refractivity contribution in [2.24, 2.45) is 4.99 Å². The van der Waals surface area contributed by atoms with E-state index < -0.39 is 0 Å². The summed E-state index contributed by atoms with van der Waals surface area (Å²) in [5, 5.41) is 3.51. The van der Waals surface area contributed by atoms with E-state index >= 15 is 0 Å². The number of aliphatic imine (C=N–C) groups is 1. The second-order valence-corrected chi connectivity index (χ2v) is 8.91. The van der Waals surface area contributed by atoms with E-state index in [1.54, 1.807) is 7.11 Å². The maximum absolute atomic E-state index is 5.55. The second-order valence-electron chi connectivity index (χ2n) is 8.91. The summed E-state index contributed by atoms with van der Waals surface area (Å²) in [4.78, 5) is 12.6. The molecule has 0 spiro atoms. The topological polar surface area (TPSA) is 43.3 Å². The van der Waals surface area contributed by atoms with Crippen LogP contribution in [0.2, 0.25) is 0 Å². The van der Waals surface area contributed by atoms with Gasteiger partial charge in [-0.15, -0.1) is 0 Å². The third kappa shape index (κ3) is 5.67. The van der Waals surface area contributed by atoms with Crippen LogP contribution < -0.4 is 10.1 Å². The molecule has 1 aromatic carbocycles. The summed E-state index contributed by atoms with van der Waals surface area (Å²) >= 11 is 0. The van der Waals surface area contributed by atoms with Gasteiger partial charge in [-0.3, -0.25) is 9.89 Å². The first-order chi connectivity index (χ1) is 14.6. The first-order valence-electron chi connectivity index (χ1n) is 11.6. The van der Waals surface area contributed by atoms with Crippen LogP contribution in [0.3, 0.4) is 0 Å². The molecule has 0 atom stereocenters. The minimum atomic E-state index is 0.207. The number of likely N-dealkylation sites (tertiary alicyclic amines) is 2. The number of piperidine rings is 2. The van der Waals surface area contributed by atoms with Crippen LogP contribution in [0, 0.1) is 0 Å². The Balaban J connectivity index is 1.76. The highest BCUT2D eigenvalue weighted by Gasteiger charge is 2.39. The van der Waals surface area contributed by atoms with Crippen molar-refractivity contribution >= 4 is 5.96 Å². The Morgan fingerprint density at radius 1 is 1.13 bits per heavy atom. The van der Waals surface area contributed by atoms with E-state index in [-0.39, 0.29) is 5.54 Å². The summed E-state index contributed by atoms with van der Waals surface area (Å²) in [6.45, 7) is 9.45. The largest absolute Gasteiger partial charge is 0.496 e. The molecule has 6 nitrogen and oxygen atoms in total. The number of ether oxygens (including phenoxy) is 1. The number of nitrogens with one attached hydrogen (secondary N) is 1. The van der Waals surface area contributed by atoms with Gasteiger partial charge in [-0.25, -0.2) is 0 Å². The minimum absolute atomic E-state index is 0.207. The van der Waals surface area contributed by atoms with Gasteiger partial charge in [-0.1, -0.05) is 24.6 Å². The molecule has 6 heteroatoms. The summed E-state index contributed by atoms with van der Waals surface area (Å²) in [6.07, 6.45) is 6.45. The molecule has 3 rings (SSSR count). The average Bonchev–Trinajstić information content (AvgIpc) is 2.79. The molecule has 0 radical (unpaired) electrons. The first kappa shape index (κ1) is 22.9. The first-order valence-corrected chi connectivity index (χ1v) is 11.6. The summed E-state index contributed by atoms with van der Waals surface area (Å²) in [7, 11) is 6.10. The molecular formula is C24H41N5O. The van der Waals surface area contributed by atoms with E-state index in [1.807, 2.05) is 12.1 Å². The summed E-state index contributed by atoms with van der Waals surface area (Å²) in [5.41, 5.74) is 1.39. The van der Waals surface area contributed by atoms with Crippen LogP contribution >= 0.6 is 0 Å². The number of para-hydroxylation sites is 1. The Hall–Kier alpha value is -1.79. The van der Waals surface area contributed by atoms with Gasteiger partial charge in [-0.2, -0.15) is 0 Å². The van der Waals surface area contributed by atoms with Gasteiger partial charge in [0.1, 0.15) is 5.75 Å². The molecule has 2 saturated heterocycles. The highest BCUT2D eigenvalue weighted by molar-refractivity contribution is 5.79. The number of nitrogens with zero attached hydrogens (tertiary/aromatic N) is 4. The Morgan fingerprint density at radius 2 is 1.83 bits per heavy atom. The van der Waals surface area contributed by atoms with Crippen molar-refractivity contribution in [1.29, 1.82) is 0 Å². The monoisotopic (exact) mass is 415 g/mol. The van der Waals surface area contributed by atoms with E-state index in [1.165, 1.54) is 63.8 Å². The Morgan fingerprint density at radius 3 is 2.50 bits per heavy atom. The summed E-state index contributed by atoms with van der Waals surface area (Å²) in [5.74, 6) is 1.92. The maximum atomic E-state index is 5.55. The maximum Gasteiger partial charge on any atom is 0.194 e. The van der Waals surface area contributed by atoms with E-state index in [9.17, 15) is 0 Å². The molecule has 0 unspecified atom stereocenters. The second kappa shape index (κ2) is 11.0. The van der Waals surface area contributed by atoms with Gasteiger partial charge in [0.05, 0.1) is 13.7 Å². The van der Waals surface area contributed by atoms with E-state index in [0.717, 1.165) is 31.3 Å². The normalized spacial score (nSPS) is 20.7. The van der Waals surface area contributed by atoms with E-state index in [2.05, 4.69) is 53.2 Å². The molecule has 1 N–H and O–H groups in total. The molecule has 0 saturated carbocycles. The van der Waals surface area contributed by atoms with E-state index in [4.69, 9.17) is 9.73 Å². The zero-order valence-corrected chi connectivity index (χ0v) is 19.5. The minimum Gasteiger partial charge on any atom is -0.496 e. The zero-order valence-electron chi connectivity index (χ0n) is 19.5. The number of benzene rings is 1. The summed E-state index contributed by atoms with van der Waals surface area (Å²) < 4.78 is 5.55. The lowest BCUT2D eigenvalue weighted by atomic mass is 9.84. The lowest BCUT2D eigenvalue weighted by Gasteiger charge is -2.49. The van der Waals surface area contributed by atoms with Gasteiger partial charge >= 0.3 is 0 Å². The molecule has 1 aromatic rings. The third-order valence-electron chi connectivity index (χ3n) is 6.76. The van der Waals surface area contributed by atoms with Gasteiger partial charge in [-0.05, 0) is 71.9 Å². The van der Waals surface area contributed by atoms with Crippen LogP contribution in [0.15, 0.2) is 29.3 Å². The van der Waals surface area contributed by atoms with Crippen molar-refractivity contribution in [3.05, 3.63) is 29.8 Å². The molecule has 2 heterocycles. The molecule has 0 amide bonds. The van der Waals surface area contributed by atoms with Crippen LogP contribution in [-0.4, -0.2) is 86.7 Å². The fraction of sp³-hybridized carbons (Fsp3) is 0.708. The lowest BCUT2D eigenvalue weighted by molar-refractivity contribution is 0.0206. The number of methoxy groups -OCH3 is 1. The Labute approximate surface area is 183 Å². The van der Waals surface area contributed by atoms with Gasteiger partial charge < -0.3 is 19.9 Å². The highest BCUT2D eigenvalue weighted by Crippen LogP contribution is 2.32. The van der Waals surface area contributed by atoms with Crippen LogP contribution in [0.5, 0.6) is 5.75 Å². The van der Waals surface area contributed by atoms with Gasteiger partial charge in [0, 0.05) is 31.2 Å². The molecule has 2 aliphatic rings. The molecule has 168 valence electrons. The molecule has 2 fully saturated rings. The smallest absolute Gasteiger partial charge is 0.194 e. The third-order valence-corrected chi connectivity index (χ3v) is 6.76. The Bertz CT molecular complexity index is 678. The Kier molecular flexibility index (Phi) is 8.40. The molecule has 0 aliphatic carbocycles. The number of hydrogen-bond acceptors (Lipinski definition) is 4. The number of rotatable bonds is 7. The van der Waals surface area contributed by atoms with Crippen molar-refractivity contribution in [3.8, 4) is 5.75 Å². The standard InChI is InChI=1S/C24H41N5O/c1-5-25-23(28(3)19-21-11-7-8-12-22(21)30-4)26-20-24(13-17-27(2)18-14-24)29-15-9-6-10-16-29/h7-8,11-12H,5-6,9-10,13-20H2,1-4H3,(H,25,26). The average molecular weight is 416 g/mol. The van der Waals surface area contributed by atoms with Crippen LogP contribution in [0.25, 0.3) is 0 Å². The molecule has 2 aliphatic heterocycles. The number of hydrogen-bond donors (Lipinski definition) is 1. The van der Waals surface area contributed by atoms with Gasteiger partial charge in [0.25, 0.3) is 0 Å². The zero-order chi connectivity index (χ0) is 21.4. The SMILES string of the molecule is CCNC(=NCC1(N2CCCCC2)CCN(C)CC1)N(C)Cc1ccccc1OC. The molecule has 0 aromatic heterocycles. The highest BCUT2D eigenvalue weighted by atomic mass is 16.5. The predicted octanol–water partition coefficient (Wildman–Crippen LogP) is 3.04. The van der Waals surface area contributed by atoms with Crippen molar-refractivity contribution in [2.75, 3.05) is 60.5 Å². The van der Waals surface area contributed by atoms with Crippen molar-refractivity contribution < 1.29 is 4.74 Å².